The quantitative estimate of drug-likeness (QED) is 0.205. The van der Waals surface area contributed by atoms with E-state index in [-0.39, 0.29) is 0 Å². The van der Waals surface area contributed by atoms with Crippen LogP contribution in [0.1, 0.15) is 0 Å². The molecule has 7 aromatic carbocycles. The number of rotatable bonds is 4. The number of aromatic nitrogens is 1. The monoisotopic (exact) mass is 533 g/mol. The molecule has 0 unspecified atom stereocenters. The predicted octanol–water partition coefficient (Wildman–Crippen LogP) is 11.2. The van der Waals surface area contributed by atoms with Crippen LogP contribution in [0.3, 0.4) is 0 Å². The highest BCUT2D eigenvalue weighted by Gasteiger charge is 2.17. The average molecular weight is 534 g/mol. The van der Waals surface area contributed by atoms with Gasteiger partial charge in [-0.3, -0.25) is 4.98 Å². The molecule has 1 heterocycles. The molecule has 1 aromatic heterocycles. The van der Waals surface area contributed by atoms with Crippen molar-refractivity contribution in [1.82, 2.24) is 4.98 Å². The summed E-state index contributed by atoms with van der Waals surface area (Å²) in [5.41, 5.74) is 9.39. The van der Waals surface area contributed by atoms with Gasteiger partial charge in [-0.15, -0.1) is 0 Å². The largest absolute Gasteiger partial charge is 0.256 e. The van der Waals surface area contributed by atoms with Crippen LogP contribution in [0.4, 0.5) is 0 Å². The van der Waals surface area contributed by atoms with Crippen LogP contribution in [-0.2, 0) is 0 Å². The summed E-state index contributed by atoms with van der Waals surface area (Å²) in [5.74, 6) is 0. The molecular formula is C41H27N. The maximum Gasteiger partial charge on any atom is 0.0702 e. The van der Waals surface area contributed by atoms with Gasteiger partial charge in [-0.25, -0.2) is 0 Å². The number of hydrogen-bond acceptors (Lipinski definition) is 1. The Kier molecular flexibility index (Phi) is 5.86. The van der Waals surface area contributed by atoms with Gasteiger partial charge in [-0.1, -0.05) is 140 Å². The zero-order valence-corrected chi connectivity index (χ0v) is 23.0. The molecule has 0 radical (unpaired) electrons. The van der Waals surface area contributed by atoms with Gasteiger partial charge >= 0.3 is 0 Å². The SMILES string of the molecule is c1ccc(-c2cccc(-c3c4ccccc4c(-c4ccc(-c5ccc6ccccc6c5)nc4)c4ccccc34)c2)cc1. The van der Waals surface area contributed by atoms with Crippen LogP contribution in [0, 0.1) is 0 Å². The first-order valence-electron chi connectivity index (χ1n) is 14.4. The molecular weight excluding hydrogens is 506 g/mol. The van der Waals surface area contributed by atoms with Gasteiger partial charge in [0, 0.05) is 17.3 Å². The minimum atomic E-state index is 0.979. The summed E-state index contributed by atoms with van der Waals surface area (Å²) in [5, 5.41) is 7.42. The van der Waals surface area contributed by atoms with E-state index in [9.17, 15) is 0 Å². The van der Waals surface area contributed by atoms with E-state index >= 15 is 0 Å². The van der Waals surface area contributed by atoms with Crippen molar-refractivity contribution in [3.63, 3.8) is 0 Å². The molecule has 0 aliphatic rings. The van der Waals surface area contributed by atoms with E-state index in [0.29, 0.717) is 0 Å². The van der Waals surface area contributed by atoms with Gasteiger partial charge in [0.25, 0.3) is 0 Å². The molecule has 1 heteroatoms. The number of nitrogens with zero attached hydrogens (tertiary/aromatic N) is 1. The summed E-state index contributed by atoms with van der Waals surface area (Å²) in [4.78, 5) is 4.97. The van der Waals surface area contributed by atoms with Crippen molar-refractivity contribution in [3.05, 3.63) is 164 Å². The van der Waals surface area contributed by atoms with Crippen LogP contribution in [0.15, 0.2) is 164 Å². The summed E-state index contributed by atoms with van der Waals surface area (Å²) in [7, 11) is 0. The molecule has 1 nitrogen and oxygen atoms in total. The third kappa shape index (κ3) is 4.15. The molecule has 0 spiro atoms. The smallest absolute Gasteiger partial charge is 0.0702 e. The molecule has 0 fully saturated rings. The van der Waals surface area contributed by atoms with Crippen LogP contribution in [0.25, 0.3) is 77.0 Å². The number of hydrogen-bond donors (Lipinski definition) is 0. The Hall–Kier alpha value is -5.53. The van der Waals surface area contributed by atoms with Crippen molar-refractivity contribution in [1.29, 1.82) is 0 Å². The van der Waals surface area contributed by atoms with Gasteiger partial charge in [0.15, 0.2) is 0 Å². The molecule has 8 rings (SSSR count). The van der Waals surface area contributed by atoms with Crippen LogP contribution in [0.2, 0.25) is 0 Å². The second-order valence-corrected chi connectivity index (χ2v) is 10.8. The van der Waals surface area contributed by atoms with Gasteiger partial charge in [0.05, 0.1) is 5.69 Å². The summed E-state index contributed by atoms with van der Waals surface area (Å²) in [6.45, 7) is 0. The number of fused-ring (bicyclic) bond motifs is 3. The molecule has 0 bridgehead atoms. The van der Waals surface area contributed by atoms with E-state index in [1.54, 1.807) is 0 Å². The average Bonchev–Trinajstić information content (AvgIpc) is 3.07. The molecule has 0 saturated heterocycles. The number of pyridine rings is 1. The fraction of sp³-hybridized carbons (Fsp3) is 0. The zero-order valence-electron chi connectivity index (χ0n) is 23.0. The highest BCUT2D eigenvalue weighted by atomic mass is 14.7. The highest BCUT2D eigenvalue weighted by molar-refractivity contribution is 6.21. The second-order valence-electron chi connectivity index (χ2n) is 10.8. The van der Waals surface area contributed by atoms with Gasteiger partial charge in [0.2, 0.25) is 0 Å². The van der Waals surface area contributed by atoms with Crippen molar-refractivity contribution in [2.75, 3.05) is 0 Å². The van der Waals surface area contributed by atoms with E-state index in [0.717, 1.165) is 16.8 Å². The van der Waals surface area contributed by atoms with E-state index in [1.807, 2.05) is 6.20 Å². The van der Waals surface area contributed by atoms with E-state index in [1.165, 1.54) is 60.1 Å². The molecule has 0 amide bonds. The fourth-order valence-electron chi connectivity index (χ4n) is 6.30. The highest BCUT2D eigenvalue weighted by Crippen LogP contribution is 2.44. The lowest BCUT2D eigenvalue weighted by Crippen LogP contribution is -1.92. The molecule has 0 atom stereocenters. The lowest BCUT2D eigenvalue weighted by Gasteiger charge is -2.18. The molecule has 0 aliphatic heterocycles. The fourth-order valence-corrected chi connectivity index (χ4v) is 6.30. The van der Waals surface area contributed by atoms with Gasteiger partial charge in [-0.05, 0) is 78.3 Å². The second kappa shape index (κ2) is 10.1. The van der Waals surface area contributed by atoms with Gasteiger partial charge < -0.3 is 0 Å². The first kappa shape index (κ1) is 24.3. The number of benzene rings is 7. The van der Waals surface area contributed by atoms with Gasteiger partial charge in [-0.2, -0.15) is 0 Å². The maximum absolute atomic E-state index is 4.97. The third-order valence-electron chi connectivity index (χ3n) is 8.29. The Morgan fingerprint density at radius 3 is 1.52 bits per heavy atom. The first-order valence-corrected chi connectivity index (χ1v) is 14.4. The Balaban J connectivity index is 1.31. The molecule has 8 aromatic rings. The van der Waals surface area contributed by atoms with Crippen LogP contribution < -0.4 is 0 Å². The maximum atomic E-state index is 4.97. The summed E-state index contributed by atoms with van der Waals surface area (Å²) in [6, 6.07) is 56.5. The molecule has 0 N–H and O–H groups in total. The Morgan fingerprint density at radius 1 is 0.310 bits per heavy atom. The Labute approximate surface area is 245 Å². The van der Waals surface area contributed by atoms with Crippen LogP contribution >= 0.6 is 0 Å². The van der Waals surface area contributed by atoms with Crippen LogP contribution in [0.5, 0.6) is 0 Å². The minimum Gasteiger partial charge on any atom is -0.256 e. The Bertz CT molecular complexity index is 2170. The topological polar surface area (TPSA) is 12.9 Å². The molecule has 42 heavy (non-hydrogen) atoms. The van der Waals surface area contributed by atoms with Crippen molar-refractivity contribution in [3.8, 4) is 44.6 Å². The minimum absolute atomic E-state index is 0.979. The van der Waals surface area contributed by atoms with Gasteiger partial charge in [0.1, 0.15) is 0 Å². The van der Waals surface area contributed by atoms with E-state index < -0.39 is 0 Å². The van der Waals surface area contributed by atoms with Crippen LogP contribution in [-0.4, -0.2) is 4.98 Å². The lowest BCUT2D eigenvalue weighted by atomic mass is 9.85. The first-order chi connectivity index (χ1) is 20.8. The predicted molar refractivity (Wildman–Crippen MR) is 178 cm³/mol. The van der Waals surface area contributed by atoms with Crippen molar-refractivity contribution in [2.45, 2.75) is 0 Å². The molecule has 196 valence electrons. The van der Waals surface area contributed by atoms with Crippen molar-refractivity contribution in [2.24, 2.45) is 0 Å². The third-order valence-corrected chi connectivity index (χ3v) is 8.29. The summed E-state index contributed by atoms with van der Waals surface area (Å²) in [6.07, 6.45) is 2.04. The van der Waals surface area contributed by atoms with E-state index in [2.05, 4.69) is 158 Å². The standard InChI is InChI=1S/C41H27N/c1-2-11-28(12-3-1)31-15-10-16-33(26-31)40-35-17-6-8-19-37(35)41(38-20-9-7-18-36(38)40)34-23-24-39(42-27-34)32-22-21-29-13-4-5-14-30(29)25-32/h1-27H. The zero-order chi connectivity index (χ0) is 27.9. The van der Waals surface area contributed by atoms with Crippen molar-refractivity contribution < 1.29 is 0 Å². The van der Waals surface area contributed by atoms with E-state index in [4.69, 9.17) is 4.98 Å². The van der Waals surface area contributed by atoms with Crippen molar-refractivity contribution >= 4 is 32.3 Å². The summed E-state index contributed by atoms with van der Waals surface area (Å²) < 4.78 is 0. The Morgan fingerprint density at radius 2 is 0.857 bits per heavy atom. The molecule has 0 aliphatic carbocycles. The lowest BCUT2D eigenvalue weighted by molar-refractivity contribution is 1.33. The normalized spacial score (nSPS) is 11.3. The summed E-state index contributed by atoms with van der Waals surface area (Å²) >= 11 is 0. The molecule has 0 saturated carbocycles.